The molecular weight excluding hydrogens is 898 g/mol. The number of carbonyl (C=O) groups is 3. The van der Waals surface area contributed by atoms with Crippen molar-refractivity contribution < 1.29 is 29.7 Å². The van der Waals surface area contributed by atoms with Crippen LogP contribution < -0.4 is 15.3 Å². The molecule has 0 N–H and O–H groups in total. The molecule has 0 spiro atoms. The van der Waals surface area contributed by atoms with E-state index in [2.05, 4.69) is 143 Å². The Balaban J connectivity index is -0.000000108. The van der Waals surface area contributed by atoms with Crippen molar-refractivity contribution in [3.8, 4) is 0 Å². The molecule has 0 saturated carbocycles. The molecule has 0 atom stereocenters. The molecule has 0 fully saturated rings. The Morgan fingerprint density at radius 1 is 0.500 bits per heavy atom. The monoisotopic (exact) mass is 889 g/mol. The zero-order chi connectivity index (χ0) is 18.2. The quantitative estimate of drug-likeness (QED) is 0.268. The third kappa shape index (κ3) is 25.0. The molecule has 0 saturated heterocycles. The fourth-order valence-corrected chi connectivity index (χ4v) is 0. The van der Waals surface area contributed by atoms with Gasteiger partial charge in [0.25, 0.3) is 0 Å². The fraction of sp³-hybridized carbons (Fsp3) is 0.500. The number of aliphatic carboxylic acids is 3. The summed E-state index contributed by atoms with van der Waals surface area (Å²) in [5, 5.41) is 29.3. The smallest absolute Gasteiger partial charge is 0.547 e. The molecule has 0 rings (SSSR count). The van der Waals surface area contributed by atoms with E-state index < -0.39 is 24.3 Å². The molecule has 0 aliphatic rings. The van der Waals surface area contributed by atoms with Crippen molar-refractivity contribution in [2.75, 3.05) is 0 Å². The van der Waals surface area contributed by atoms with E-state index in [-0.39, 0.29) is 8.41 Å². The summed E-state index contributed by atoms with van der Waals surface area (Å²) in [6.07, 6.45) is 0. The Morgan fingerprint density at radius 3 is 0.545 bits per heavy atom. The second kappa shape index (κ2) is 13.9. The first-order chi connectivity index (χ1) is 8.83. The van der Waals surface area contributed by atoms with Gasteiger partial charge in [-0.05, 0) is 0 Å². The molecule has 0 aromatic heterocycles. The van der Waals surface area contributed by atoms with Crippen molar-refractivity contribution in [2.45, 2.75) is 6.43 Å². The van der Waals surface area contributed by atoms with E-state index in [0.717, 1.165) is 0 Å². The van der Waals surface area contributed by atoms with Crippen LogP contribution in [0.2, 0.25) is 0 Å². The van der Waals surface area contributed by atoms with E-state index in [9.17, 15) is 29.7 Å². The molecule has 126 valence electrons. The molecular formula is C6BBr9O6. The minimum Gasteiger partial charge on any atom is -0.547 e. The van der Waals surface area contributed by atoms with E-state index >= 15 is 0 Å². The van der Waals surface area contributed by atoms with Gasteiger partial charge in [0.05, 0.1) is 17.9 Å². The topological polar surface area (TPSA) is 120 Å². The first-order valence-electron chi connectivity index (χ1n) is 3.68. The molecule has 0 bridgehead atoms. The number of alkyl halides is 9. The minimum absolute atomic E-state index is 0. The average Bonchev–Trinajstić information content (AvgIpc) is 2.14. The first kappa shape index (κ1) is 32.5. The van der Waals surface area contributed by atoms with Gasteiger partial charge in [-0.3, -0.25) is 0 Å². The predicted octanol–water partition coefficient (Wildman–Crippen LogP) is 1.34. The van der Waals surface area contributed by atoms with Crippen molar-refractivity contribution >= 4 is 170 Å². The summed E-state index contributed by atoms with van der Waals surface area (Å²) in [6, 6.07) is 0. The van der Waals surface area contributed by atoms with Gasteiger partial charge in [0.1, 0.15) is 0 Å². The SMILES string of the molecule is O=C([O-])C(Br)(Br)Br.O=C([O-])C(Br)(Br)Br.O=C([O-])C(Br)(Br)Br.[B+3]. The Morgan fingerprint density at radius 2 is 0.545 bits per heavy atom. The molecule has 6 nitrogen and oxygen atoms in total. The normalized spacial score (nSPS) is 10.8. The average molecular weight is 898 g/mol. The molecule has 0 heterocycles. The predicted molar refractivity (Wildman–Crippen MR) is 109 cm³/mol. The van der Waals surface area contributed by atoms with Gasteiger partial charge < -0.3 is 29.7 Å². The number of carboxylic acids is 3. The fourth-order valence-electron chi connectivity index (χ4n) is 0. The van der Waals surface area contributed by atoms with Gasteiger partial charge in [-0.1, -0.05) is 143 Å². The summed E-state index contributed by atoms with van der Waals surface area (Å²) in [6.45, 7) is 0. The zero-order valence-corrected chi connectivity index (χ0v) is 23.7. The summed E-state index contributed by atoms with van der Waals surface area (Å²) in [4.78, 5) is 29.3. The minimum atomic E-state index is -1.26. The Labute approximate surface area is 203 Å². The summed E-state index contributed by atoms with van der Waals surface area (Å²) in [5.41, 5.74) is 0. The molecule has 0 amide bonds. The van der Waals surface area contributed by atoms with Gasteiger partial charge in [0, 0.05) is 0 Å². The van der Waals surface area contributed by atoms with E-state index in [4.69, 9.17) is 0 Å². The second-order valence-electron chi connectivity index (χ2n) is 2.36. The van der Waals surface area contributed by atoms with Crippen LogP contribution in [0.4, 0.5) is 0 Å². The first-order valence-corrected chi connectivity index (χ1v) is 10.8. The number of halogens is 9. The van der Waals surface area contributed by atoms with Crippen molar-refractivity contribution in [1.29, 1.82) is 0 Å². The van der Waals surface area contributed by atoms with E-state index in [1.807, 2.05) is 0 Å². The van der Waals surface area contributed by atoms with Crippen LogP contribution >= 0.6 is 143 Å². The van der Waals surface area contributed by atoms with Gasteiger partial charge >= 0.3 is 8.41 Å². The van der Waals surface area contributed by atoms with Crippen LogP contribution in [-0.2, 0) is 14.4 Å². The summed E-state index contributed by atoms with van der Waals surface area (Å²) >= 11 is 24.4. The molecule has 0 aromatic carbocycles. The van der Waals surface area contributed by atoms with Crippen molar-refractivity contribution in [3.63, 3.8) is 0 Å². The largest absolute Gasteiger partial charge is 3.00 e. The van der Waals surface area contributed by atoms with Crippen LogP contribution in [0.5, 0.6) is 0 Å². The van der Waals surface area contributed by atoms with Crippen LogP contribution in [0.1, 0.15) is 0 Å². The van der Waals surface area contributed by atoms with E-state index in [0.29, 0.717) is 0 Å². The Kier molecular flexibility index (Phi) is 20.6. The number of rotatable bonds is 0. The van der Waals surface area contributed by atoms with Crippen LogP contribution in [0, 0.1) is 0 Å². The molecule has 16 heteroatoms. The number of carboxylic acid groups (broad SMARTS) is 3. The number of hydrogen-bond donors (Lipinski definition) is 0. The Bertz CT molecular complexity index is 313. The van der Waals surface area contributed by atoms with Crippen LogP contribution in [0.15, 0.2) is 0 Å². The van der Waals surface area contributed by atoms with Gasteiger partial charge in [-0.2, -0.15) is 0 Å². The van der Waals surface area contributed by atoms with Crippen molar-refractivity contribution in [2.24, 2.45) is 0 Å². The van der Waals surface area contributed by atoms with Crippen molar-refractivity contribution in [1.82, 2.24) is 0 Å². The van der Waals surface area contributed by atoms with Crippen LogP contribution in [0.25, 0.3) is 0 Å². The molecule has 0 aliphatic heterocycles. The van der Waals surface area contributed by atoms with E-state index in [1.54, 1.807) is 0 Å². The Hall–Kier alpha value is 2.79. The third-order valence-corrected chi connectivity index (χ3v) is 3.61. The standard InChI is InChI=1S/3C2HBr3O2.B/c3*3-2(4,5)1(6)7;/h3*(H,6,7);/q;;;+3/p-3. The van der Waals surface area contributed by atoms with Crippen LogP contribution in [-0.4, -0.2) is 32.7 Å². The van der Waals surface area contributed by atoms with Crippen LogP contribution in [0.3, 0.4) is 0 Å². The van der Waals surface area contributed by atoms with Gasteiger partial charge in [-0.15, -0.1) is 0 Å². The molecule has 0 aromatic rings. The zero-order valence-electron chi connectivity index (χ0n) is 9.43. The maximum atomic E-state index is 9.77. The molecule has 0 unspecified atom stereocenters. The third-order valence-electron chi connectivity index (χ3n) is 0.694. The van der Waals surface area contributed by atoms with Crippen molar-refractivity contribution in [3.05, 3.63) is 0 Å². The molecule has 0 aliphatic carbocycles. The number of carbonyl (C=O) groups excluding carboxylic acids is 3. The molecule has 22 heavy (non-hydrogen) atoms. The second-order valence-corrected chi connectivity index (χ2v) is 22.6. The molecule has 0 radical (unpaired) electrons. The number of hydrogen-bond acceptors (Lipinski definition) is 6. The van der Waals surface area contributed by atoms with Gasteiger partial charge in [-0.25, -0.2) is 0 Å². The summed E-state index contributed by atoms with van der Waals surface area (Å²) < 4.78 is -3.77. The maximum absolute atomic E-state index is 9.77. The maximum Gasteiger partial charge on any atom is 3.00 e. The van der Waals surface area contributed by atoms with E-state index in [1.165, 1.54) is 0 Å². The van der Waals surface area contributed by atoms with Gasteiger partial charge in [0.15, 0.2) is 6.43 Å². The summed E-state index contributed by atoms with van der Waals surface area (Å²) in [5.74, 6) is -3.77. The summed E-state index contributed by atoms with van der Waals surface area (Å²) in [7, 11) is 0. The van der Waals surface area contributed by atoms with Gasteiger partial charge in [0.2, 0.25) is 0 Å².